The van der Waals surface area contributed by atoms with Crippen LogP contribution in [0.5, 0.6) is 0 Å². The van der Waals surface area contributed by atoms with Crippen molar-refractivity contribution in [2.75, 3.05) is 6.54 Å². The molecule has 0 aromatic heterocycles. The van der Waals surface area contributed by atoms with Gasteiger partial charge in [-0.1, -0.05) is 44.2 Å². The van der Waals surface area contributed by atoms with Gasteiger partial charge in [-0.3, -0.25) is 4.79 Å². The van der Waals surface area contributed by atoms with Gasteiger partial charge in [-0.2, -0.15) is 0 Å². The molecule has 0 aliphatic heterocycles. The van der Waals surface area contributed by atoms with Gasteiger partial charge < -0.3 is 5.32 Å². The van der Waals surface area contributed by atoms with Gasteiger partial charge in [0.2, 0.25) is 5.91 Å². The first-order valence-electron chi connectivity index (χ1n) is 5.89. The SMILES string of the molecule is C/C=C\C=CCC/C=C/C(=O)NCC(C)C. The van der Waals surface area contributed by atoms with Gasteiger partial charge in [0, 0.05) is 6.54 Å². The van der Waals surface area contributed by atoms with Crippen LogP contribution in [0.1, 0.15) is 33.6 Å². The lowest BCUT2D eigenvalue weighted by Crippen LogP contribution is -2.25. The average molecular weight is 221 g/mol. The number of hydrogen-bond donors (Lipinski definition) is 1. The second-order valence-corrected chi connectivity index (χ2v) is 4.07. The fourth-order valence-corrected chi connectivity index (χ4v) is 1.03. The largest absolute Gasteiger partial charge is 0.352 e. The van der Waals surface area contributed by atoms with Crippen LogP contribution in [-0.4, -0.2) is 12.5 Å². The molecule has 16 heavy (non-hydrogen) atoms. The number of unbranched alkanes of at least 4 members (excludes halogenated alkanes) is 1. The minimum absolute atomic E-state index is 0.00568. The van der Waals surface area contributed by atoms with E-state index in [2.05, 4.69) is 25.2 Å². The van der Waals surface area contributed by atoms with E-state index in [1.165, 1.54) is 0 Å². The number of nitrogens with one attached hydrogen (secondary N) is 1. The maximum absolute atomic E-state index is 11.3. The Morgan fingerprint density at radius 3 is 2.50 bits per heavy atom. The topological polar surface area (TPSA) is 29.1 Å². The van der Waals surface area contributed by atoms with E-state index in [4.69, 9.17) is 0 Å². The van der Waals surface area contributed by atoms with E-state index in [9.17, 15) is 4.79 Å². The summed E-state index contributed by atoms with van der Waals surface area (Å²) in [5.41, 5.74) is 0. The fourth-order valence-electron chi connectivity index (χ4n) is 1.03. The van der Waals surface area contributed by atoms with Crippen LogP contribution in [0.15, 0.2) is 36.5 Å². The molecular formula is C14H23NO. The molecule has 0 unspecified atom stereocenters. The summed E-state index contributed by atoms with van der Waals surface area (Å²) in [5.74, 6) is 0.507. The van der Waals surface area contributed by atoms with Crippen molar-refractivity contribution in [3.05, 3.63) is 36.5 Å². The Morgan fingerprint density at radius 2 is 1.88 bits per heavy atom. The van der Waals surface area contributed by atoms with Gasteiger partial charge >= 0.3 is 0 Å². The summed E-state index contributed by atoms with van der Waals surface area (Å²) >= 11 is 0. The molecular weight excluding hydrogens is 198 g/mol. The van der Waals surface area contributed by atoms with E-state index >= 15 is 0 Å². The van der Waals surface area contributed by atoms with Crippen LogP contribution in [0.2, 0.25) is 0 Å². The molecule has 0 bridgehead atoms. The van der Waals surface area contributed by atoms with Crippen LogP contribution in [0.25, 0.3) is 0 Å². The highest BCUT2D eigenvalue weighted by molar-refractivity contribution is 5.87. The van der Waals surface area contributed by atoms with Crippen molar-refractivity contribution in [2.24, 2.45) is 5.92 Å². The third-order valence-corrected chi connectivity index (χ3v) is 1.89. The van der Waals surface area contributed by atoms with E-state index in [1.807, 2.05) is 31.2 Å². The minimum atomic E-state index is 0.00568. The fraction of sp³-hybridized carbons (Fsp3) is 0.500. The molecule has 0 aliphatic rings. The Labute approximate surface area is 99.1 Å². The molecule has 0 aromatic carbocycles. The molecule has 0 aliphatic carbocycles. The minimum Gasteiger partial charge on any atom is -0.352 e. The van der Waals surface area contributed by atoms with Gasteiger partial charge in [0.15, 0.2) is 0 Å². The van der Waals surface area contributed by atoms with Gasteiger partial charge in [0.25, 0.3) is 0 Å². The highest BCUT2D eigenvalue weighted by atomic mass is 16.1. The van der Waals surface area contributed by atoms with Gasteiger partial charge in [0.05, 0.1) is 0 Å². The first-order chi connectivity index (χ1) is 7.66. The van der Waals surface area contributed by atoms with Crippen molar-refractivity contribution in [3.8, 4) is 0 Å². The highest BCUT2D eigenvalue weighted by Gasteiger charge is 1.96. The first kappa shape index (κ1) is 14.7. The lowest BCUT2D eigenvalue weighted by Gasteiger charge is -2.03. The predicted molar refractivity (Wildman–Crippen MR) is 70.2 cm³/mol. The molecule has 1 amide bonds. The van der Waals surface area contributed by atoms with Crippen molar-refractivity contribution < 1.29 is 4.79 Å². The number of allylic oxidation sites excluding steroid dienone is 5. The Morgan fingerprint density at radius 1 is 1.19 bits per heavy atom. The zero-order chi connectivity index (χ0) is 12.2. The Bertz CT molecular complexity index is 262. The molecule has 0 saturated carbocycles. The number of carbonyl (C=O) groups is 1. The van der Waals surface area contributed by atoms with E-state index in [0.717, 1.165) is 19.4 Å². The van der Waals surface area contributed by atoms with Crippen LogP contribution in [0.3, 0.4) is 0 Å². The van der Waals surface area contributed by atoms with Crippen LogP contribution in [0, 0.1) is 5.92 Å². The summed E-state index contributed by atoms with van der Waals surface area (Å²) in [6.45, 7) is 6.89. The Kier molecular flexibility index (Phi) is 9.38. The summed E-state index contributed by atoms with van der Waals surface area (Å²) < 4.78 is 0. The summed E-state index contributed by atoms with van der Waals surface area (Å²) in [4.78, 5) is 11.3. The molecule has 2 nitrogen and oxygen atoms in total. The third kappa shape index (κ3) is 10.8. The second kappa shape index (κ2) is 10.2. The van der Waals surface area contributed by atoms with Crippen LogP contribution < -0.4 is 5.32 Å². The number of carbonyl (C=O) groups excluding carboxylic acids is 1. The molecule has 0 saturated heterocycles. The van der Waals surface area contributed by atoms with Gasteiger partial charge in [-0.25, -0.2) is 0 Å². The quantitative estimate of drug-likeness (QED) is 0.399. The van der Waals surface area contributed by atoms with Gasteiger partial charge in [0.1, 0.15) is 0 Å². The summed E-state index contributed by atoms with van der Waals surface area (Å²) in [5, 5.41) is 2.84. The van der Waals surface area contributed by atoms with Crippen LogP contribution in [0.4, 0.5) is 0 Å². The maximum Gasteiger partial charge on any atom is 0.243 e. The zero-order valence-corrected chi connectivity index (χ0v) is 10.6. The molecule has 1 N–H and O–H groups in total. The predicted octanol–water partition coefficient (Wildman–Crippen LogP) is 3.23. The molecule has 90 valence electrons. The zero-order valence-electron chi connectivity index (χ0n) is 10.6. The van der Waals surface area contributed by atoms with Crippen molar-refractivity contribution >= 4 is 5.91 Å². The summed E-state index contributed by atoms with van der Waals surface area (Å²) in [7, 11) is 0. The number of hydrogen-bond acceptors (Lipinski definition) is 1. The van der Waals surface area contributed by atoms with Crippen molar-refractivity contribution in [3.63, 3.8) is 0 Å². The average Bonchev–Trinajstić information content (AvgIpc) is 2.25. The molecule has 0 atom stereocenters. The monoisotopic (exact) mass is 221 g/mol. The van der Waals surface area contributed by atoms with E-state index < -0.39 is 0 Å². The summed E-state index contributed by atoms with van der Waals surface area (Å²) in [6, 6.07) is 0. The van der Waals surface area contributed by atoms with Crippen molar-refractivity contribution in [1.82, 2.24) is 5.32 Å². The molecule has 2 heteroatoms. The smallest absolute Gasteiger partial charge is 0.243 e. The van der Waals surface area contributed by atoms with E-state index in [-0.39, 0.29) is 5.91 Å². The van der Waals surface area contributed by atoms with Crippen LogP contribution in [-0.2, 0) is 4.79 Å². The lowest BCUT2D eigenvalue weighted by atomic mass is 10.2. The van der Waals surface area contributed by atoms with Crippen molar-refractivity contribution in [1.29, 1.82) is 0 Å². The third-order valence-electron chi connectivity index (χ3n) is 1.89. The molecule has 0 heterocycles. The summed E-state index contributed by atoms with van der Waals surface area (Å²) in [6.07, 6.45) is 13.5. The van der Waals surface area contributed by atoms with E-state index in [1.54, 1.807) is 6.08 Å². The first-order valence-corrected chi connectivity index (χ1v) is 5.89. The Balaban J connectivity index is 3.56. The Hall–Kier alpha value is -1.31. The molecule has 0 fully saturated rings. The molecule has 0 aromatic rings. The highest BCUT2D eigenvalue weighted by Crippen LogP contribution is 1.93. The molecule has 0 rings (SSSR count). The normalized spacial score (nSPS) is 12.2. The maximum atomic E-state index is 11.3. The standard InChI is InChI=1S/C14H23NO/c1-4-5-6-7-8-9-10-11-14(16)15-12-13(2)3/h4-7,10-11,13H,8-9,12H2,1-3H3,(H,15,16)/b5-4-,7-6?,11-10+. The molecule has 0 radical (unpaired) electrons. The van der Waals surface area contributed by atoms with Gasteiger partial charge in [-0.05, 0) is 31.8 Å². The van der Waals surface area contributed by atoms with Gasteiger partial charge in [-0.15, -0.1) is 0 Å². The number of amides is 1. The molecule has 0 spiro atoms. The van der Waals surface area contributed by atoms with E-state index in [0.29, 0.717) is 5.92 Å². The second-order valence-electron chi connectivity index (χ2n) is 4.07. The number of rotatable bonds is 7. The van der Waals surface area contributed by atoms with Crippen molar-refractivity contribution in [2.45, 2.75) is 33.6 Å². The van der Waals surface area contributed by atoms with Crippen LogP contribution >= 0.6 is 0 Å². The lowest BCUT2D eigenvalue weighted by molar-refractivity contribution is -0.116.